The third kappa shape index (κ3) is 6.95. The summed E-state index contributed by atoms with van der Waals surface area (Å²) in [5, 5.41) is 2.75. The second kappa shape index (κ2) is 11.0. The first kappa shape index (κ1) is 25.1. The molecule has 0 aliphatic rings. The van der Waals surface area contributed by atoms with Gasteiger partial charge in [0.25, 0.3) is 5.91 Å². The highest BCUT2D eigenvalue weighted by atomic mass is 32.1. The van der Waals surface area contributed by atoms with Crippen LogP contribution in [0.5, 0.6) is 0 Å². The van der Waals surface area contributed by atoms with Crippen LogP contribution in [0.15, 0.2) is 53.9 Å². The molecule has 0 N–H and O–H groups in total. The minimum Gasteiger partial charge on any atom is -0.338 e. The molecule has 0 aliphatic heterocycles. The van der Waals surface area contributed by atoms with Gasteiger partial charge in [-0.25, -0.2) is 9.37 Å². The van der Waals surface area contributed by atoms with Crippen molar-refractivity contribution >= 4 is 17.2 Å². The fourth-order valence-corrected chi connectivity index (χ4v) is 4.54. The van der Waals surface area contributed by atoms with Crippen LogP contribution in [0.3, 0.4) is 0 Å². The first-order valence-corrected chi connectivity index (χ1v) is 12.4. The fourth-order valence-electron chi connectivity index (χ4n) is 3.73. The monoisotopic (exact) mass is 467 g/mol. The van der Waals surface area contributed by atoms with E-state index in [1.165, 1.54) is 34.6 Å². The highest BCUT2D eigenvalue weighted by Crippen LogP contribution is 2.23. The van der Waals surface area contributed by atoms with E-state index in [0.29, 0.717) is 31.9 Å². The number of hydrogen-bond donors (Lipinski definition) is 0. The number of thiazole rings is 1. The van der Waals surface area contributed by atoms with E-state index in [4.69, 9.17) is 0 Å². The van der Waals surface area contributed by atoms with Gasteiger partial charge in [-0.2, -0.15) is 0 Å². The smallest absolute Gasteiger partial charge is 0.273 e. The van der Waals surface area contributed by atoms with E-state index >= 15 is 0 Å². The summed E-state index contributed by atoms with van der Waals surface area (Å²) in [6.45, 7) is 13.9. The molecule has 0 fully saturated rings. The van der Waals surface area contributed by atoms with Gasteiger partial charge in [0.2, 0.25) is 0 Å². The zero-order valence-corrected chi connectivity index (χ0v) is 21.1. The number of halogens is 1. The van der Waals surface area contributed by atoms with Gasteiger partial charge in [-0.1, -0.05) is 57.2 Å². The Morgan fingerprint density at radius 3 is 1.97 bits per heavy atom. The molecule has 1 aromatic heterocycles. The van der Waals surface area contributed by atoms with E-state index in [1.54, 1.807) is 4.90 Å². The van der Waals surface area contributed by atoms with Crippen LogP contribution in [0.25, 0.3) is 0 Å². The molecule has 0 spiro atoms. The van der Waals surface area contributed by atoms with Crippen molar-refractivity contribution < 1.29 is 9.18 Å². The molecule has 0 saturated carbocycles. The number of hydrogen-bond acceptors (Lipinski definition) is 4. The Morgan fingerprint density at radius 1 is 0.909 bits per heavy atom. The number of amides is 1. The Bertz CT molecular complexity index is 1030. The average Bonchev–Trinajstić information content (AvgIpc) is 3.24. The number of benzene rings is 2. The zero-order valence-electron chi connectivity index (χ0n) is 20.3. The predicted octanol–water partition coefficient (Wildman–Crippen LogP) is 6.26. The third-order valence-electron chi connectivity index (χ3n) is 5.73. The summed E-state index contributed by atoms with van der Waals surface area (Å²) in [7, 11) is 0. The lowest BCUT2D eigenvalue weighted by atomic mass is 9.87. The summed E-state index contributed by atoms with van der Waals surface area (Å²) in [6.07, 6.45) is 0. The number of aromatic nitrogens is 1. The minimum absolute atomic E-state index is 0.0228. The normalized spacial score (nSPS) is 11.7. The second-order valence-corrected chi connectivity index (χ2v) is 10.3. The molecule has 1 heterocycles. The van der Waals surface area contributed by atoms with Crippen LogP contribution in [0.4, 0.5) is 4.39 Å². The molecule has 3 rings (SSSR count). The van der Waals surface area contributed by atoms with Crippen molar-refractivity contribution in [2.24, 2.45) is 0 Å². The fraction of sp³-hybridized carbons (Fsp3) is 0.407. The molecule has 0 saturated heterocycles. The Morgan fingerprint density at radius 2 is 1.45 bits per heavy atom. The van der Waals surface area contributed by atoms with E-state index in [2.05, 4.69) is 54.9 Å². The molecule has 0 radical (unpaired) electrons. The van der Waals surface area contributed by atoms with E-state index in [9.17, 15) is 9.18 Å². The van der Waals surface area contributed by atoms with Gasteiger partial charge in [-0.3, -0.25) is 9.69 Å². The SMILES string of the molecule is CCN(CC)C(=O)c1csc(CN(Cc2ccc(F)cc2)Cc2ccc(C(C)(C)C)cc2)n1. The third-order valence-corrected chi connectivity index (χ3v) is 6.56. The Labute approximate surface area is 201 Å². The van der Waals surface area contributed by atoms with E-state index < -0.39 is 0 Å². The maximum Gasteiger partial charge on any atom is 0.273 e. The summed E-state index contributed by atoms with van der Waals surface area (Å²) < 4.78 is 13.4. The van der Waals surface area contributed by atoms with Crippen molar-refractivity contribution in [2.45, 2.75) is 59.7 Å². The predicted molar refractivity (Wildman–Crippen MR) is 134 cm³/mol. The molecule has 0 unspecified atom stereocenters. The Kier molecular flexibility index (Phi) is 8.38. The largest absolute Gasteiger partial charge is 0.338 e. The Hall–Kier alpha value is -2.57. The van der Waals surface area contributed by atoms with E-state index in [0.717, 1.165) is 17.1 Å². The average molecular weight is 468 g/mol. The highest BCUT2D eigenvalue weighted by molar-refractivity contribution is 7.09. The van der Waals surface area contributed by atoms with Crippen molar-refractivity contribution in [3.8, 4) is 0 Å². The lowest BCUT2D eigenvalue weighted by Crippen LogP contribution is -2.30. The molecular formula is C27H34FN3OS. The van der Waals surface area contributed by atoms with Gasteiger partial charge in [0.1, 0.15) is 16.5 Å². The molecule has 2 aromatic carbocycles. The standard InChI is InChI=1S/C27H34FN3OS/c1-6-31(7-2)26(32)24-19-33-25(29-24)18-30(17-21-10-14-23(28)15-11-21)16-20-8-12-22(13-9-20)27(3,4)5/h8-15,19H,6-7,16-18H2,1-5H3. The number of nitrogens with zero attached hydrogens (tertiary/aromatic N) is 3. The number of rotatable bonds is 9. The first-order valence-electron chi connectivity index (χ1n) is 11.5. The van der Waals surface area contributed by atoms with Crippen LogP contribution in [0, 0.1) is 5.82 Å². The van der Waals surface area contributed by atoms with Gasteiger partial charge in [0.15, 0.2) is 0 Å². The number of carbonyl (C=O) groups excluding carboxylic acids is 1. The van der Waals surface area contributed by atoms with Crippen LogP contribution >= 0.6 is 11.3 Å². The molecule has 3 aromatic rings. The molecule has 0 bridgehead atoms. The molecule has 33 heavy (non-hydrogen) atoms. The van der Waals surface area contributed by atoms with Crippen LogP contribution in [-0.2, 0) is 25.0 Å². The van der Waals surface area contributed by atoms with Gasteiger partial charge >= 0.3 is 0 Å². The maximum atomic E-state index is 13.4. The highest BCUT2D eigenvalue weighted by Gasteiger charge is 2.18. The topological polar surface area (TPSA) is 36.4 Å². The van der Waals surface area contributed by atoms with Crippen molar-refractivity contribution in [3.63, 3.8) is 0 Å². The summed E-state index contributed by atoms with van der Waals surface area (Å²) in [6, 6.07) is 15.4. The zero-order chi connectivity index (χ0) is 24.0. The van der Waals surface area contributed by atoms with Crippen LogP contribution < -0.4 is 0 Å². The molecule has 6 heteroatoms. The molecule has 1 amide bonds. The summed E-state index contributed by atoms with van der Waals surface area (Å²) in [5.74, 6) is -0.257. The van der Waals surface area contributed by atoms with Gasteiger partial charge in [0, 0.05) is 31.6 Å². The molecule has 176 valence electrons. The van der Waals surface area contributed by atoms with Crippen LogP contribution in [-0.4, -0.2) is 33.8 Å². The second-order valence-electron chi connectivity index (χ2n) is 9.32. The number of carbonyl (C=O) groups is 1. The summed E-state index contributed by atoms with van der Waals surface area (Å²) in [4.78, 5) is 21.4. The molecule has 0 atom stereocenters. The van der Waals surface area contributed by atoms with Gasteiger partial charge in [-0.05, 0) is 48.1 Å². The van der Waals surface area contributed by atoms with Crippen molar-refractivity contribution in [1.29, 1.82) is 0 Å². The Balaban J connectivity index is 1.79. The van der Waals surface area contributed by atoms with E-state index in [1.807, 2.05) is 31.4 Å². The molecule has 0 aliphatic carbocycles. The summed E-state index contributed by atoms with van der Waals surface area (Å²) in [5.41, 5.74) is 4.17. The van der Waals surface area contributed by atoms with Crippen molar-refractivity contribution in [2.75, 3.05) is 13.1 Å². The van der Waals surface area contributed by atoms with Gasteiger partial charge in [-0.15, -0.1) is 11.3 Å². The minimum atomic E-state index is -0.234. The maximum absolute atomic E-state index is 13.4. The quantitative estimate of drug-likeness (QED) is 0.372. The van der Waals surface area contributed by atoms with Crippen molar-refractivity contribution in [3.05, 3.63) is 87.1 Å². The van der Waals surface area contributed by atoms with Gasteiger partial charge < -0.3 is 4.90 Å². The lowest BCUT2D eigenvalue weighted by molar-refractivity contribution is 0.0767. The van der Waals surface area contributed by atoms with Crippen LogP contribution in [0.1, 0.15) is 66.8 Å². The summed E-state index contributed by atoms with van der Waals surface area (Å²) >= 11 is 1.51. The van der Waals surface area contributed by atoms with Crippen LogP contribution in [0.2, 0.25) is 0 Å². The lowest BCUT2D eigenvalue weighted by Gasteiger charge is -2.23. The molecule has 4 nitrogen and oxygen atoms in total. The van der Waals surface area contributed by atoms with Crippen molar-refractivity contribution in [1.82, 2.24) is 14.8 Å². The van der Waals surface area contributed by atoms with E-state index in [-0.39, 0.29) is 17.1 Å². The first-order chi connectivity index (χ1) is 15.7. The van der Waals surface area contributed by atoms with Gasteiger partial charge in [0.05, 0.1) is 6.54 Å². The molecular weight excluding hydrogens is 433 g/mol.